The second kappa shape index (κ2) is 38.4. The molecule has 8 amide bonds. The quantitative estimate of drug-likeness (QED) is 0.0405. The molecule has 14 aliphatic rings. The third-order valence-electron chi connectivity index (χ3n) is 26.6. The third kappa shape index (κ3) is 19.9. The van der Waals surface area contributed by atoms with Crippen LogP contribution in [0, 0.1) is 71.0 Å². The van der Waals surface area contributed by atoms with Gasteiger partial charge in [-0.25, -0.2) is 0 Å². The maximum Gasteiger partial charge on any atom is 0.247 e. The number of alkyl halides is 2. The van der Waals surface area contributed by atoms with Crippen LogP contribution in [-0.4, -0.2) is 273 Å². The summed E-state index contributed by atoms with van der Waals surface area (Å²) in [4.78, 5) is 123. The number of likely N-dealkylation sites (N-methyl/N-ethyl adjacent to an activating group) is 1. The molecule has 33 nitrogen and oxygen atoms in total. The predicted octanol–water partition coefficient (Wildman–Crippen LogP) is -2.28. The summed E-state index contributed by atoms with van der Waals surface area (Å²) in [5.74, 6) is -15.1. The lowest BCUT2D eigenvalue weighted by Crippen LogP contribution is -2.68. The largest absolute Gasteiger partial charge is 0.485 e. The first-order chi connectivity index (χ1) is 54.0. The number of unbranched alkanes of at least 4 members (excludes halogenated alkanes) is 2. The van der Waals surface area contributed by atoms with Crippen molar-refractivity contribution >= 4 is 70.5 Å². The average molecular weight is 1640 g/mol. The van der Waals surface area contributed by atoms with E-state index in [1.807, 2.05) is 20.9 Å². The number of amides is 8. The minimum atomic E-state index is -2.13. The molecule has 2 saturated heterocycles. The molecular weight excluding hydrogens is 1510 g/mol. The van der Waals surface area contributed by atoms with Gasteiger partial charge in [0.05, 0.1) is 67.0 Å². The molecule has 1 aromatic rings. The van der Waals surface area contributed by atoms with Crippen molar-refractivity contribution < 1.29 is 108 Å². The molecule has 0 radical (unpaired) electrons. The fourth-order valence-corrected chi connectivity index (χ4v) is 21.7. The Labute approximate surface area is 668 Å². The third-order valence-corrected chi connectivity index (χ3v) is 27.6. The molecule has 35 heteroatoms. The van der Waals surface area contributed by atoms with E-state index < -0.39 is 234 Å². The average Bonchev–Trinajstić information content (AvgIpc) is 0.753. The number of halogens is 2. The molecule has 8 aliphatic carbocycles. The number of aliphatic hydroxyl groups excluding tert-OH is 9. The minimum Gasteiger partial charge on any atom is -0.485 e. The molecule has 10 fully saturated rings. The molecule has 6 heterocycles. The summed E-state index contributed by atoms with van der Waals surface area (Å²) in [6, 6.07) is -9.95. The van der Waals surface area contributed by atoms with Gasteiger partial charge in [0.25, 0.3) is 0 Å². The number of fused-ring (bicyclic) bond motifs is 15. The summed E-state index contributed by atoms with van der Waals surface area (Å²) in [6.45, 7) is 4.99. The first-order valence-electron chi connectivity index (χ1n) is 41.2. The number of nitrogens with one attached hydrogen (secondary N) is 10. The highest BCUT2D eigenvalue weighted by atomic mass is 35.5. The molecule has 6 aliphatic heterocycles. The Kier molecular flexibility index (Phi) is 29.5. The lowest BCUT2D eigenvalue weighted by Gasteiger charge is -2.55. The Morgan fingerprint density at radius 2 is 1.25 bits per heavy atom. The Morgan fingerprint density at radius 3 is 1.87 bits per heavy atom. The zero-order chi connectivity index (χ0) is 81.0. The van der Waals surface area contributed by atoms with Gasteiger partial charge in [-0.15, -0.1) is 23.2 Å². The summed E-state index contributed by atoms with van der Waals surface area (Å²) in [5, 5.41) is 135. The summed E-state index contributed by atoms with van der Waals surface area (Å²) >= 11 is 14.8. The van der Waals surface area contributed by atoms with Crippen LogP contribution in [0.15, 0.2) is 12.1 Å². The van der Waals surface area contributed by atoms with Gasteiger partial charge in [-0.05, 0) is 225 Å². The number of carbonyl (C=O) groups is 8. The molecule has 5 unspecified atom stereocenters. The summed E-state index contributed by atoms with van der Waals surface area (Å²) < 4.78 is 32.2. The zero-order valence-electron chi connectivity index (χ0n) is 64.8. The number of primary amides is 1. The van der Waals surface area contributed by atoms with Crippen LogP contribution in [0.4, 0.5) is 0 Å². The minimum absolute atomic E-state index is 0.00147. The van der Waals surface area contributed by atoms with E-state index in [9.17, 15) is 55.5 Å². The molecule has 1 aromatic carbocycles. The van der Waals surface area contributed by atoms with Gasteiger partial charge < -0.3 is 129 Å². The topological polar surface area (TPSA) is 511 Å². The number of aliphatic hydroxyl groups is 9. The highest BCUT2D eigenvalue weighted by Crippen LogP contribution is 2.55. The second-order valence-corrected chi connectivity index (χ2v) is 35.8. The lowest BCUT2D eigenvalue weighted by molar-refractivity contribution is -0.278. The van der Waals surface area contributed by atoms with Crippen molar-refractivity contribution in [2.75, 3.05) is 53.6 Å². The predicted molar refractivity (Wildman–Crippen MR) is 407 cm³/mol. The van der Waals surface area contributed by atoms with Crippen LogP contribution in [0.2, 0.25) is 0 Å². The molecule has 21 N–H and O–H groups in total. The number of benzene rings is 1. The number of hydrogen-bond donors (Lipinski definition) is 20. The van der Waals surface area contributed by atoms with Gasteiger partial charge in [-0.3, -0.25) is 38.4 Å². The maximum absolute atomic E-state index is 16.4. The van der Waals surface area contributed by atoms with E-state index >= 15 is 28.8 Å². The lowest BCUT2D eigenvalue weighted by atomic mass is 9.54. The highest BCUT2D eigenvalue weighted by Gasteiger charge is 2.58. The molecule has 0 spiro atoms. The van der Waals surface area contributed by atoms with E-state index in [-0.39, 0.29) is 118 Å². The van der Waals surface area contributed by atoms with Crippen LogP contribution in [0.3, 0.4) is 0 Å². The molecule has 28 atom stereocenters. The smallest absolute Gasteiger partial charge is 0.247 e. The van der Waals surface area contributed by atoms with Gasteiger partial charge in [-0.2, -0.15) is 0 Å². The van der Waals surface area contributed by atoms with Crippen molar-refractivity contribution in [1.29, 1.82) is 0 Å². The normalized spacial score (nSPS) is 40.9. The fraction of sp³-hybridized carbons (Fsp3) is 0.821. The molecular formula is C78H121Cl2N11O22. The van der Waals surface area contributed by atoms with Crippen molar-refractivity contribution in [2.45, 2.75) is 275 Å². The van der Waals surface area contributed by atoms with Gasteiger partial charge in [-0.1, -0.05) is 13.8 Å². The first kappa shape index (κ1) is 86.7. The van der Waals surface area contributed by atoms with Gasteiger partial charge in [0.1, 0.15) is 72.9 Å². The van der Waals surface area contributed by atoms with Gasteiger partial charge in [0, 0.05) is 31.7 Å². The van der Waals surface area contributed by atoms with E-state index in [2.05, 4.69) is 53.2 Å². The summed E-state index contributed by atoms with van der Waals surface area (Å²) in [7, 11) is 3.44. The van der Waals surface area contributed by atoms with E-state index in [0.717, 1.165) is 57.9 Å². The molecule has 8 saturated carbocycles. The van der Waals surface area contributed by atoms with E-state index in [1.165, 1.54) is 19.2 Å². The Balaban J connectivity index is 0.976. The monoisotopic (exact) mass is 1630 g/mol. The fourth-order valence-electron chi connectivity index (χ4n) is 20.8. The van der Waals surface area contributed by atoms with Crippen LogP contribution in [0.1, 0.15) is 154 Å². The Morgan fingerprint density at radius 1 is 0.611 bits per heavy atom. The van der Waals surface area contributed by atoms with Crippen molar-refractivity contribution in [1.82, 2.24) is 53.2 Å². The van der Waals surface area contributed by atoms with E-state index in [1.54, 1.807) is 0 Å². The van der Waals surface area contributed by atoms with Crippen LogP contribution in [0.25, 0.3) is 0 Å². The van der Waals surface area contributed by atoms with Crippen molar-refractivity contribution in [3.05, 3.63) is 17.7 Å². The number of rotatable bonds is 23. The number of nitrogens with two attached hydrogens (primary N) is 1. The van der Waals surface area contributed by atoms with Crippen molar-refractivity contribution in [2.24, 2.45) is 76.7 Å². The van der Waals surface area contributed by atoms with Crippen LogP contribution in [0.5, 0.6) is 17.2 Å². The van der Waals surface area contributed by atoms with Gasteiger partial charge in [0.2, 0.25) is 59.3 Å². The van der Waals surface area contributed by atoms with Crippen LogP contribution < -0.4 is 73.1 Å². The molecule has 0 aromatic heterocycles. The van der Waals surface area contributed by atoms with Crippen LogP contribution >= 0.6 is 23.2 Å². The van der Waals surface area contributed by atoms with E-state index in [0.29, 0.717) is 31.6 Å². The SMILES string of the molecule is CNCCCCCOCCNCC1C(O)C2C3C[C@H](CC[C@H]3O)[C@H]3NC(=O)[C@@H]4NC(=O)[C@H](CC(N)=O)NC(=O)[C@H](NC(=O)[C@@H](CC(C)C)NC)[C@H](O)[C@H]5CC[C@@H](Oc6cc4cc(c6O[C@@H]4O[C@H](CO)[C@@H](O)[C@H](O)[C@H]4O)O[C@@H]4CC[C@@H](C[C@@H]4Cl)[C@@H](O)[C@H](NC3=O)C(=O)N[C@H](C(=O)NC3C4CC6CC(C4)CC3C6)C2C[C@@H]1O)[C@H](Cl)C5. The van der Waals surface area contributed by atoms with Crippen molar-refractivity contribution in [3.8, 4) is 17.2 Å². The molecule has 634 valence electrons. The Hall–Kier alpha value is -5.60. The number of hydrogen-bond acceptors (Lipinski definition) is 25. The second-order valence-electron chi connectivity index (χ2n) is 34.7. The van der Waals surface area contributed by atoms with Gasteiger partial charge in [0.15, 0.2) is 11.5 Å². The molecule has 15 bridgehead atoms. The summed E-state index contributed by atoms with van der Waals surface area (Å²) in [5.41, 5.74) is 5.62. The Bertz CT molecular complexity index is 3450. The zero-order valence-corrected chi connectivity index (χ0v) is 66.3. The number of carbonyl (C=O) groups excluding carboxylic acids is 8. The van der Waals surface area contributed by atoms with Crippen molar-refractivity contribution in [3.63, 3.8) is 0 Å². The molecule has 15 rings (SSSR count). The number of ether oxygens (including phenoxy) is 5. The standard InChI is InChI=1S/C78H121Cl2N11O22/c1-33(2)18-47(83-4)71(102)90-62-64(96)37-9-12-51(45(79)25-37)110-53-27-41-28-54(70(53)113-78-69(101)68(100)67(99)55(32-92)112-78)111-52-13-10-38(26-46(52)80)65(97)63-77(108)89-61(75(106)86-58-39-20-34-19-35(22-39)23-40(58)21-34)43-29-50(94)44(31-84-15-17-109-16-7-5-6-14-82-3)66(98)57(43)42-24-36(8-11-49(42)93)59(73(104)91-63)88-74(105)60(41)87-72(103)48(30-56(81)95)85-76(62)107/h27-28,33-40,42-52,55,57-69,78,82-84,92-94,96-101H,5-26,29-32H2,1-4H3,(H2,81,95)(H,85,107)(H,86,106)(H,87,103)(H,88,105)(H,89,108)(H,90,102)(H,91,104)/t34?,35?,36-,37-,38-,39?,40?,42?,43?,44?,45+,46-,47+,48-,49+,50-,51+,52+,55+,57?,58?,59+,60+,61-,62+,63-,64+,65+,66?,67+,68-,69+,78-/m0/s1. The highest BCUT2D eigenvalue weighted by molar-refractivity contribution is 6.21. The van der Waals surface area contributed by atoms with Crippen LogP contribution in [-0.2, 0) is 47.8 Å². The summed E-state index contributed by atoms with van der Waals surface area (Å²) in [6.07, 6.45) is -12.9. The first-order valence-corrected chi connectivity index (χ1v) is 42.1. The maximum atomic E-state index is 16.4. The molecule has 113 heavy (non-hydrogen) atoms. The van der Waals surface area contributed by atoms with E-state index in [4.69, 9.17) is 52.6 Å². The van der Waals surface area contributed by atoms with Gasteiger partial charge >= 0.3 is 0 Å².